The lowest BCUT2D eigenvalue weighted by molar-refractivity contribution is 0.670. The summed E-state index contributed by atoms with van der Waals surface area (Å²) in [5.74, 6) is 0.627. The third-order valence-corrected chi connectivity index (χ3v) is 10.1. The van der Waals surface area contributed by atoms with Crippen molar-refractivity contribution >= 4 is 65.6 Å². The summed E-state index contributed by atoms with van der Waals surface area (Å²) in [5.41, 5.74) is 10.7. The highest BCUT2D eigenvalue weighted by atomic mass is 16.3. The average molecular weight is 666 g/mol. The molecule has 11 rings (SSSR count). The molecule has 0 atom stereocenters. The van der Waals surface area contributed by atoms with Crippen LogP contribution in [0, 0.1) is 0 Å². The van der Waals surface area contributed by atoms with E-state index in [4.69, 9.17) is 23.8 Å². The molecule has 4 heterocycles. The quantitative estimate of drug-likeness (QED) is 0.175. The van der Waals surface area contributed by atoms with Gasteiger partial charge < -0.3 is 8.83 Å². The predicted octanol–water partition coefficient (Wildman–Crippen LogP) is 12.6. The van der Waals surface area contributed by atoms with Gasteiger partial charge in [-0.05, 0) is 48.5 Å². The first-order valence-corrected chi connectivity index (χ1v) is 17.4. The minimum atomic E-state index is 0.627. The van der Waals surface area contributed by atoms with E-state index in [9.17, 15) is 0 Å². The average Bonchev–Trinajstić information content (AvgIpc) is 3.79. The number of pyridine rings is 1. The minimum Gasteiger partial charge on any atom is -0.455 e. The third kappa shape index (κ3) is 4.39. The predicted molar refractivity (Wildman–Crippen MR) is 211 cm³/mol. The molecule has 0 aliphatic heterocycles. The van der Waals surface area contributed by atoms with E-state index in [-0.39, 0.29) is 0 Å². The van der Waals surface area contributed by atoms with E-state index in [2.05, 4.69) is 109 Å². The van der Waals surface area contributed by atoms with Gasteiger partial charge in [-0.1, -0.05) is 115 Å². The lowest BCUT2D eigenvalue weighted by Crippen LogP contribution is -1.96. The van der Waals surface area contributed by atoms with E-state index >= 15 is 0 Å². The number of benzene rings is 7. The van der Waals surface area contributed by atoms with Crippen molar-refractivity contribution in [2.24, 2.45) is 0 Å². The maximum absolute atomic E-state index is 6.74. The molecule has 7 aromatic carbocycles. The smallest absolute Gasteiger partial charge is 0.160 e. The third-order valence-electron chi connectivity index (χ3n) is 10.1. The SMILES string of the molecule is c1ccc(-c2cc(-c3cccc4c3oc3ccccc34)nc(-c3ccc4oc5c(ccc6c(-c7ccccc7)nc7ccccc7c65)c4c3)n2)cc1. The van der Waals surface area contributed by atoms with Crippen LogP contribution in [-0.2, 0) is 0 Å². The van der Waals surface area contributed by atoms with Gasteiger partial charge in [0.1, 0.15) is 22.3 Å². The second kappa shape index (κ2) is 11.2. The summed E-state index contributed by atoms with van der Waals surface area (Å²) >= 11 is 0. The molecule has 0 N–H and O–H groups in total. The molecule has 0 fully saturated rings. The summed E-state index contributed by atoms with van der Waals surface area (Å²) in [5, 5.41) is 7.36. The van der Waals surface area contributed by atoms with Gasteiger partial charge in [-0.3, -0.25) is 0 Å². The second-order valence-electron chi connectivity index (χ2n) is 13.1. The van der Waals surface area contributed by atoms with Crippen LogP contribution in [-0.4, -0.2) is 15.0 Å². The first kappa shape index (κ1) is 28.7. The fraction of sp³-hybridized carbons (Fsp3) is 0. The highest BCUT2D eigenvalue weighted by Crippen LogP contribution is 2.42. The lowest BCUT2D eigenvalue weighted by atomic mass is 9.97. The van der Waals surface area contributed by atoms with Gasteiger partial charge in [0.2, 0.25) is 0 Å². The Morgan fingerprint density at radius 1 is 0.365 bits per heavy atom. The van der Waals surface area contributed by atoms with Gasteiger partial charge in [0.25, 0.3) is 0 Å². The molecular weight excluding hydrogens is 639 g/mol. The van der Waals surface area contributed by atoms with Gasteiger partial charge in [0, 0.05) is 60.0 Å². The molecule has 0 amide bonds. The molecule has 0 saturated carbocycles. The Balaban J connectivity index is 1.14. The fourth-order valence-corrected chi connectivity index (χ4v) is 7.64. The van der Waals surface area contributed by atoms with Gasteiger partial charge in [-0.25, -0.2) is 15.0 Å². The van der Waals surface area contributed by atoms with Gasteiger partial charge in [0.05, 0.1) is 22.6 Å². The molecule has 0 spiro atoms. The zero-order chi connectivity index (χ0) is 34.2. The van der Waals surface area contributed by atoms with E-state index in [1.807, 2.05) is 54.6 Å². The molecule has 5 nitrogen and oxygen atoms in total. The fourth-order valence-electron chi connectivity index (χ4n) is 7.64. The number of para-hydroxylation sites is 3. The summed E-state index contributed by atoms with van der Waals surface area (Å²) in [6.07, 6.45) is 0. The Morgan fingerprint density at radius 2 is 1.02 bits per heavy atom. The lowest BCUT2D eigenvalue weighted by Gasteiger charge is -2.10. The van der Waals surface area contributed by atoms with E-state index in [0.717, 1.165) is 105 Å². The Labute approximate surface area is 297 Å². The van der Waals surface area contributed by atoms with Crippen molar-refractivity contribution in [3.8, 4) is 45.2 Å². The minimum absolute atomic E-state index is 0.627. The van der Waals surface area contributed by atoms with Crippen molar-refractivity contribution in [2.75, 3.05) is 0 Å². The number of nitrogens with zero attached hydrogens (tertiary/aromatic N) is 3. The highest BCUT2D eigenvalue weighted by molar-refractivity contribution is 6.25. The molecule has 0 aliphatic rings. The summed E-state index contributed by atoms with van der Waals surface area (Å²) in [7, 11) is 0. The van der Waals surface area contributed by atoms with Crippen molar-refractivity contribution in [1.82, 2.24) is 15.0 Å². The van der Waals surface area contributed by atoms with E-state index in [1.165, 1.54) is 0 Å². The number of fused-ring (bicyclic) bond motifs is 10. The number of aromatic nitrogens is 3. The van der Waals surface area contributed by atoms with Gasteiger partial charge >= 0.3 is 0 Å². The van der Waals surface area contributed by atoms with Crippen LogP contribution in [0.5, 0.6) is 0 Å². The summed E-state index contributed by atoms with van der Waals surface area (Å²) in [4.78, 5) is 15.5. The van der Waals surface area contributed by atoms with Crippen molar-refractivity contribution in [2.45, 2.75) is 0 Å². The standard InChI is InChI=1S/C47H27N3O2/c1-3-12-28(13-4-1)39-27-40(35-19-11-18-32-31-16-8-10-21-41(31)51-45(32)35)50-47(49-39)30-22-25-42-37(26-30)33-23-24-36-43(46(33)52-42)34-17-7-9-20-38(34)48-44(36)29-14-5-2-6-15-29/h1-27H. The van der Waals surface area contributed by atoms with Gasteiger partial charge in [-0.2, -0.15) is 0 Å². The maximum Gasteiger partial charge on any atom is 0.160 e. The molecule has 5 heteroatoms. The van der Waals surface area contributed by atoms with Crippen LogP contribution in [0.25, 0.3) is 111 Å². The van der Waals surface area contributed by atoms with Gasteiger partial charge in [0.15, 0.2) is 5.82 Å². The van der Waals surface area contributed by atoms with Crippen molar-refractivity contribution < 1.29 is 8.83 Å². The molecule has 0 aliphatic carbocycles. The summed E-state index contributed by atoms with van der Waals surface area (Å²) < 4.78 is 13.2. The van der Waals surface area contributed by atoms with Gasteiger partial charge in [-0.15, -0.1) is 0 Å². The summed E-state index contributed by atoms with van der Waals surface area (Å²) in [6, 6.07) is 55.9. The molecular formula is C47H27N3O2. The van der Waals surface area contributed by atoms with E-state index in [1.54, 1.807) is 0 Å². The Hall–Kier alpha value is -7.11. The van der Waals surface area contributed by atoms with Crippen LogP contribution in [0.1, 0.15) is 0 Å². The molecule has 52 heavy (non-hydrogen) atoms. The molecule has 0 bridgehead atoms. The first-order chi connectivity index (χ1) is 25.8. The number of hydrogen-bond acceptors (Lipinski definition) is 5. The molecule has 0 saturated heterocycles. The Morgan fingerprint density at radius 3 is 1.88 bits per heavy atom. The van der Waals surface area contributed by atoms with Crippen LogP contribution in [0.15, 0.2) is 173 Å². The molecule has 11 aromatic rings. The van der Waals surface area contributed by atoms with E-state index in [0.29, 0.717) is 5.82 Å². The van der Waals surface area contributed by atoms with Crippen LogP contribution in [0.3, 0.4) is 0 Å². The zero-order valence-corrected chi connectivity index (χ0v) is 27.7. The Kier molecular flexibility index (Phi) is 6.18. The molecule has 0 unspecified atom stereocenters. The second-order valence-corrected chi connectivity index (χ2v) is 13.1. The van der Waals surface area contributed by atoms with E-state index < -0.39 is 0 Å². The van der Waals surface area contributed by atoms with Crippen LogP contribution in [0.4, 0.5) is 0 Å². The van der Waals surface area contributed by atoms with Crippen LogP contribution < -0.4 is 0 Å². The van der Waals surface area contributed by atoms with Crippen LogP contribution in [0.2, 0.25) is 0 Å². The normalized spacial score (nSPS) is 11.8. The zero-order valence-electron chi connectivity index (χ0n) is 27.7. The number of furan rings is 2. The van der Waals surface area contributed by atoms with Crippen molar-refractivity contribution in [3.63, 3.8) is 0 Å². The number of hydrogen-bond donors (Lipinski definition) is 0. The van der Waals surface area contributed by atoms with Crippen molar-refractivity contribution in [3.05, 3.63) is 164 Å². The molecule has 0 radical (unpaired) electrons. The topological polar surface area (TPSA) is 65.0 Å². The summed E-state index contributed by atoms with van der Waals surface area (Å²) in [6.45, 7) is 0. The van der Waals surface area contributed by atoms with Crippen LogP contribution >= 0.6 is 0 Å². The maximum atomic E-state index is 6.74. The largest absolute Gasteiger partial charge is 0.455 e. The molecule has 242 valence electrons. The molecule has 4 aromatic heterocycles. The first-order valence-electron chi connectivity index (χ1n) is 17.4. The monoisotopic (exact) mass is 665 g/mol. The number of rotatable bonds is 4. The van der Waals surface area contributed by atoms with Crippen molar-refractivity contribution in [1.29, 1.82) is 0 Å². The Bertz CT molecular complexity index is 3180. The highest BCUT2D eigenvalue weighted by Gasteiger charge is 2.20.